The second kappa shape index (κ2) is 9.43. The van der Waals surface area contributed by atoms with E-state index in [0.29, 0.717) is 19.0 Å². The molecule has 0 bridgehead atoms. The molecule has 0 unspecified atom stereocenters. The van der Waals surface area contributed by atoms with Gasteiger partial charge in [0.1, 0.15) is 5.82 Å². The summed E-state index contributed by atoms with van der Waals surface area (Å²) >= 11 is 5.71. The van der Waals surface area contributed by atoms with Crippen LogP contribution in [0.3, 0.4) is 0 Å². The van der Waals surface area contributed by atoms with Crippen LogP contribution in [0.25, 0.3) is 0 Å². The molecular weight excluding hydrogens is 429 g/mol. The standard InChI is InChI=1S/C21H25ClFN3O3S/c1-15(2)16-3-6-18(7-4-16)30(28,29)26-11-9-25(10-12-26)14-21(27)24-20-8-5-17(22)13-19(20)23/h3-8,13,15H,9-12,14H2,1-2H3,(H,24,27). The lowest BCUT2D eigenvalue weighted by molar-refractivity contribution is -0.117. The topological polar surface area (TPSA) is 69.7 Å². The first-order valence-electron chi connectivity index (χ1n) is 9.74. The average molecular weight is 454 g/mol. The summed E-state index contributed by atoms with van der Waals surface area (Å²) in [5.41, 5.74) is 1.15. The molecule has 0 aromatic heterocycles. The van der Waals surface area contributed by atoms with Gasteiger partial charge in [0.25, 0.3) is 0 Å². The number of carbonyl (C=O) groups is 1. The van der Waals surface area contributed by atoms with Crippen molar-refractivity contribution >= 4 is 33.2 Å². The maximum Gasteiger partial charge on any atom is 0.243 e. The Morgan fingerprint density at radius 1 is 1.10 bits per heavy atom. The van der Waals surface area contributed by atoms with E-state index in [2.05, 4.69) is 19.2 Å². The third-order valence-electron chi connectivity index (χ3n) is 5.09. The molecule has 0 aliphatic carbocycles. The van der Waals surface area contributed by atoms with E-state index in [0.717, 1.165) is 11.6 Å². The van der Waals surface area contributed by atoms with Gasteiger partial charge in [-0.2, -0.15) is 4.31 Å². The van der Waals surface area contributed by atoms with E-state index in [4.69, 9.17) is 11.6 Å². The molecule has 2 aromatic rings. The van der Waals surface area contributed by atoms with E-state index >= 15 is 0 Å². The fourth-order valence-electron chi connectivity index (χ4n) is 3.29. The first kappa shape index (κ1) is 22.7. The van der Waals surface area contributed by atoms with Crippen molar-refractivity contribution in [3.8, 4) is 0 Å². The molecule has 1 aliphatic heterocycles. The summed E-state index contributed by atoms with van der Waals surface area (Å²) in [7, 11) is -3.57. The van der Waals surface area contributed by atoms with Crippen LogP contribution in [0.5, 0.6) is 0 Å². The zero-order chi connectivity index (χ0) is 21.9. The van der Waals surface area contributed by atoms with E-state index in [1.165, 1.54) is 16.4 Å². The van der Waals surface area contributed by atoms with Crippen LogP contribution >= 0.6 is 11.6 Å². The van der Waals surface area contributed by atoms with Crippen LogP contribution in [0.2, 0.25) is 5.02 Å². The summed E-state index contributed by atoms with van der Waals surface area (Å²) in [6, 6.07) is 11.0. The highest BCUT2D eigenvalue weighted by molar-refractivity contribution is 7.89. The first-order valence-corrected chi connectivity index (χ1v) is 11.6. The van der Waals surface area contributed by atoms with E-state index in [9.17, 15) is 17.6 Å². The zero-order valence-corrected chi connectivity index (χ0v) is 18.5. The van der Waals surface area contributed by atoms with Crippen molar-refractivity contribution in [2.24, 2.45) is 0 Å². The number of rotatable bonds is 6. The van der Waals surface area contributed by atoms with E-state index in [1.807, 2.05) is 17.0 Å². The fourth-order valence-corrected chi connectivity index (χ4v) is 4.87. The van der Waals surface area contributed by atoms with Gasteiger partial charge < -0.3 is 5.32 Å². The van der Waals surface area contributed by atoms with Crippen LogP contribution in [0.4, 0.5) is 10.1 Å². The van der Waals surface area contributed by atoms with Crippen molar-refractivity contribution in [3.05, 3.63) is 58.9 Å². The number of benzene rings is 2. The molecule has 30 heavy (non-hydrogen) atoms. The molecule has 1 heterocycles. The molecule has 1 saturated heterocycles. The summed E-state index contributed by atoms with van der Waals surface area (Å²) in [5.74, 6) is -0.634. The van der Waals surface area contributed by atoms with Crippen molar-refractivity contribution in [3.63, 3.8) is 0 Å². The molecule has 1 fully saturated rings. The predicted molar refractivity (Wildman–Crippen MR) is 116 cm³/mol. The molecule has 0 radical (unpaired) electrons. The maximum atomic E-state index is 13.8. The Morgan fingerprint density at radius 3 is 2.30 bits per heavy atom. The summed E-state index contributed by atoms with van der Waals surface area (Å²) < 4.78 is 41.0. The number of anilines is 1. The Labute approximate surface area is 181 Å². The maximum absolute atomic E-state index is 13.8. The summed E-state index contributed by atoms with van der Waals surface area (Å²) in [4.78, 5) is 14.3. The number of piperazine rings is 1. The van der Waals surface area contributed by atoms with Gasteiger partial charge in [-0.3, -0.25) is 9.69 Å². The molecule has 1 amide bonds. The number of hydrogen-bond acceptors (Lipinski definition) is 4. The van der Waals surface area contributed by atoms with Crippen molar-refractivity contribution in [1.82, 2.24) is 9.21 Å². The Kier molecular flexibility index (Phi) is 7.13. The monoisotopic (exact) mass is 453 g/mol. The molecule has 1 N–H and O–H groups in total. The third-order valence-corrected chi connectivity index (χ3v) is 7.24. The number of hydrogen-bond donors (Lipinski definition) is 1. The van der Waals surface area contributed by atoms with Gasteiger partial charge in [-0.05, 0) is 41.8 Å². The first-order chi connectivity index (χ1) is 14.2. The number of amides is 1. The van der Waals surface area contributed by atoms with Gasteiger partial charge in [0.2, 0.25) is 15.9 Å². The zero-order valence-electron chi connectivity index (χ0n) is 16.9. The molecule has 2 aromatic carbocycles. The van der Waals surface area contributed by atoms with Crippen LogP contribution in [-0.2, 0) is 14.8 Å². The minimum atomic E-state index is -3.57. The van der Waals surface area contributed by atoms with Crippen molar-refractivity contribution in [2.75, 3.05) is 38.0 Å². The molecule has 3 rings (SSSR count). The summed E-state index contributed by atoms with van der Waals surface area (Å²) in [5, 5.41) is 2.77. The molecule has 0 atom stereocenters. The second-order valence-corrected chi connectivity index (χ2v) is 9.95. The van der Waals surface area contributed by atoms with Gasteiger partial charge in [0, 0.05) is 31.2 Å². The number of carbonyl (C=O) groups excluding carboxylic acids is 1. The Morgan fingerprint density at radius 2 is 1.73 bits per heavy atom. The SMILES string of the molecule is CC(C)c1ccc(S(=O)(=O)N2CCN(CC(=O)Nc3ccc(Cl)cc3F)CC2)cc1. The molecule has 0 spiro atoms. The van der Waals surface area contributed by atoms with Crippen LogP contribution in [-0.4, -0.2) is 56.3 Å². The van der Waals surface area contributed by atoms with E-state index < -0.39 is 15.8 Å². The number of sulfonamides is 1. The van der Waals surface area contributed by atoms with Gasteiger partial charge in [-0.25, -0.2) is 12.8 Å². The molecular formula is C21H25ClFN3O3S. The molecule has 162 valence electrons. The highest BCUT2D eigenvalue weighted by Gasteiger charge is 2.29. The van der Waals surface area contributed by atoms with Gasteiger partial charge in [0.05, 0.1) is 17.1 Å². The lowest BCUT2D eigenvalue weighted by Gasteiger charge is -2.33. The summed E-state index contributed by atoms with van der Waals surface area (Å²) in [6.45, 7) is 5.58. The molecule has 9 heteroatoms. The Hall–Kier alpha value is -2.00. The van der Waals surface area contributed by atoms with Crippen molar-refractivity contribution in [2.45, 2.75) is 24.7 Å². The van der Waals surface area contributed by atoms with Crippen molar-refractivity contribution in [1.29, 1.82) is 0 Å². The normalized spacial score (nSPS) is 16.0. The number of halogens is 2. The Balaban J connectivity index is 1.55. The van der Waals surface area contributed by atoms with Crippen LogP contribution in [0, 0.1) is 5.82 Å². The lowest BCUT2D eigenvalue weighted by Crippen LogP contribution is -2.50. The molecule has 1 aliphatic rings. The predicted octanol–water partition coefficient (Wildman–Crippen LogP) is 3.55. The van der Waals surface area contributed by atoms with Gasteiger partial charge >= 0.3 is 0 Å². The number of nitrogens with zero attached hydrogens (tertiary/aromatic N) is 2. The second-order valence-electron chi connectivity index (χ2n) is 7.58. The van der Waals surface area contributed by atoms with Gasteiger partial charge in [-0.15, -0.1) is 0 Å². The molecule has 6 nitrogen and oxygen atoms in total. The van der Waals surface area contributed by atoms with Crippen LogP contribution in [0.1, 0.15) is 25.3 Å². The van der Waals surface area contributed by atoms with Crippen LogP contribution < -0.4 is 5.32 Å². The quantitative estimate of drug-likeness (QED) is 0.726. The largest absolute Gasteiger partial charge is 0.322 e. The summed E-state index contributed by atoms with van der Waals surface area (Å²) in [6.07, 6.45) is 0. The highest BCUT2D eigenvalue weighted by atomic mass is 35.5. The number of nitrogens with one attached hydrogen (secondary N) is 1. The molecule has 0 saturated carbocycles. The smallest absolute Gasteiger partial charge is 0.243 e. The fraction of sp³-hybridized carbons (Fsp3) is 0.381. The van der Waals surface area contributed by atoms with Crippen molar-refractivity contribution < 1.29 is 17.6 Å². The van der Waals surface area contributed by atoms with Gasteiger partial charge in [-0.1, -0.05) is 37.6 Å². The third kappa shape index (κ3) is 5.37. The van der Waals surface area contributed by atoms with Crippen LogP contribution in [0.15, 0.2) is 47.4 Å². The minimum Gasteiger partial charge on any atom is -0.322 e. The highest BCUT2D eigenvalue weighted by Crippen LogP contribution is 2.22. The Bertz CT molecular complexity index is 1000. The average Bonchev–Trinajstić information content (AvgIpc) is 2.70. The minimum absolute atomic E-state index is 0.0546. The van der Waals surface area contributed by atoms with E-state index in [-0.39, 0.29) is 41.1 Å². The lowest BCUT2D eigenvalue weighted by atomic mass is 10.0. The van der Waals surface area contributed by atoms with Gasteiger partial charge in [0.15, 0.2) is 0 Å². The van der Waals surface area contributed by atoms with E-state index in [1.54, 1.807) is 12.1 Å².